The first-order chi connectivity index (χ1) is 7.65. The number of benzene rings is 1. The van der Waals surface area contributed by atoms with Crippen molar-refractivity contribution in [2.75, 3.05) is 20.3 Å². The fourth-order valence-corrected chi connectivity index (χ4v) is 2.08. The fraction of sp³-hybridized carbons (Fsp3) is 0.500. The van der Waals surface area contributed by atoms with Crippen LogP contribution in [0.1, 0.15) is 24.9 Å². The van der Waals surface area contributed by atoms with Gasteiger partial charge < -0.3 is 15.2 Å². The molecule has 0 saturated heterocycles. The van der Waals surface area contributed by atoms with E-state index in [2.05, 4.69) is 15.9 Å². The van der Waals surface area contributed by atoms with E-state index < -0.39 is 0 Å². The van der Waals surface area contributed by atoms with Crippen molar-refractivity contribution in [2.24, 2.45) is 5.73 Å². The van der Waals surface area contributed by atoms with Gasteiger partial charge in [-0.25, -0.2) is 0 Å². The lowest BCUT2D eigenvalue weighted by Gasteiger charge is -2.11. The van der Waals surface area contributed by atoms with Gasteiger partial charge in [-0.15, -0.1) is 0 Å². The molecule has 3 nitrogen and oxygen atoms in total. The summed E-state index contributed by atoms with van der Waals surface area (Å²) >= 11 is 3.49. The van der Waals surface area contributed by atoms with Crippen molar-refractivity contribution in [3.63, 3.8) is 0 Å². The standard InChI is InChI=1S/C12H18BrNO2/c1-9(14)11-5-4-10(8-12(11)13)16-7-3-6-15-2/h4-5,8-9H,3,6-7,14H2,1-2H3/t9-/m0/s1. The first kappa shape index (κ1) is 13.5. The predicted octanol–water partition coefficient (Wildman–Crippen LogP) is 2.88. The van der Waals surface area contributed by atoms with Gasteiger partial charge in [0.15, 0.2) is 0 Å². The van der Waals surface area contributed by atoms with Gasteiger partial charge in [0.2, 0.25) is 0 Å². The molecule has 0 spiro atoms. The molecule has 1 rings (SSSR count). The Balaban J connectivity index is 2.53. The van der Waals surface area contributed by atoms with Crippen molar-refractivity contribution < 1.29 is 9.47 Å². The van der Waals surface area contributed by atoms with Crippen LogP contribution in [0.3, 0.4) is 0 Å². The summed E-state index contributed by atoms with van der Waals surface area (Å²) in [6.07, 6.45) is 0.892. The highest BCUT2D eigenvalue weighted by Gasteiger charge is 2.05. The summed E-state index contributed by atoms with van der Waals surface area (Å²) in [7, 11) is 1.69. The van der Waals surface area contributed by atoms with Gasteiger partial charge in [0.05, 0.1) is 6.61 Å². The van der Waals surface area contributed by atoms with Gasteiger partial charge in [0.25, 0.3) is 0 Å². The van der Waals surface area contributed by atoms with Gasteiger partial charge >= 0.3 is 0 Å². The van der Waals surface area contributed by atoms with Gasteiger partial charge in [0.1, 0.15) is 5.75 Å². The van der Waals surface area contributed by atoms with E-state index in [4.69, 9.17) is 15.2 Å². The number of hydrogen-bond acceptors (Lipinski definition) is 3. The quantitative estimate of drug-likeness (QED) is 0.819. The molecule has 2 N–H and O–H groups in total. The summed E-state index contributed by atoms with van der Waals surface area (Å²) in [6.45, 7) is 3.34. The molecule has 0 amide bonds. The molecule has 1 aromatic carbocycles. The van der Waals surface area contributed by atoms with Crippen molar-refractivity contribution in [2.45, 2.75) is 19.4 Å². The zero-order chi connectivity index (χ0) is 12.0. The second-order valence-electron chi connectivity index (χ2n) is 3.67. The number of methoxy groups -OCH3 is 1. The Kier molecular flexibility index (Phi) is 5.80. The number of halogens is 1. The van der Waals surface area contributed by atoms with Gasteiger partial charge in [-0.1, -0.05) is 22.0 Å². The number of nitrogens with two attached hydrogens (primary N) is 1. The van der Waals surface area contributed by atoms with Crippen LogP contribution in [0.2, 0.25) is 0 Å². The molecule has 0 fully saturated rings. The van der Waals surface area contributed by atoms with Gasteiger partial charge in [0, 0.05) is 30.7 Å². The summed E-state index contributed by atoms with van der Waals surface area (Å²) in [5.41, 5.74) is 6.90. The number of rotatable bonds is 6. The maximum Gasteiger partial charge on any atom is 0.120 e. The largest absolute Gasteiger partial charge is 0.493 e. The topological polar surface area (TPSA) is 44.5 Å². The minimum atomic E-state index is 0.0249. The van der Waals surface area contributed by atoms with Crippen LogP contribution >= 0.6 is 15.9 Å². The molecule has 0 heterocycles. The van der Waals surface area contributed by atoms with Crippen molar-refractivity contribution in [3.8, 4) is 5.75 Å². The summed E-state index contributed by atoms with van der Waals surface area (Å²) in [5, 5.41) is 0. The maximum absolute atomic E-state index is 5.82. The van der Waals surface area contributed by atoms with Crippen LogP contribution in [0.5, 0.6) is 5.75 Å². The second-order valence-corrected chi connectivity index (χ2v) is 4.52. The smallest absolute Gasteiger partial charge is 0.120 e. The van der Waals surface area contributed by atoms with E-state index in [9.17, 15) is 0 Å². The van der Waals surface area contributed by atoms with Crippen LogP contribution in [-0.2, 0) is 4.74 Å². The second kappa shape index (κ2) is 6.89. The van der Waals surface area contributed by atoms with Gasteiger partial charge in [-0.2, -0.15) is 0 Å². The Morgan fingerprint density at radius 3 is 2.69 bits per heavy atom. The molecule has 0 aliphatic heterocycles. The highest BCUT2D eigenvalue weighted by atomic mass is 79.9. The van der Waals surface area contributed by atoms with Crippen LogP contribution in [0, 0.1) is 0 Å². The molecule has 0 aliphatic rings. The molecule has 1 aromatic rings. The summed E-state index contributed by atoms with van der Waals surface area (Å²) < 4.78 is 11.5. The zero-order valence-corrected chi connectivity index (χ0v) is 11.3. The molecule has 0 unspecified atom stereocenters. The van der Waals surface area contributed by atoms with Gasteiger partial charge in [-0.3, -0.25) is 0 Å². The van der Waals surface area contributed by atoms with Crippen LogP contribution in [0.15, 0.2) is 22.7 Å². The SMILES string of the molecule is COCCCOc1ccc([C@H](C)N)c(Br)c1. The molecular formula is C12H18BrNO2. The minimum Gasteiger partial charge on any atom is -0.493 e. The van der Waals surface area contributed by atoms with Gasteiger partial charge in [-0.05, 0) is 24.6 Å². The maximum atomic E-state index is 5.82. The molecule has 0 saturated carbocycles. The van der Waals surface area contributed by atoms with Crippen LogP contribution < -0.4 is 10.5 Å². The van der Waals surface area contributed by atoms with E-state index in [1.54, 1.807) is 7.11 Å². The number of ether oxygens (including phenoxy) is 2. The van der Waals surface area contributed by atoms with E-state index in [-0.39, 0.29) is 6.04 Å². The molecule has 16 heavy (non-hydrogen) atoms. The summed E-state index contributed by atoms with van der Waals surface area (Å²) in [4.78, 5) is 0. The molecule has 0 aliphatic carbocycles. The Bertz CT molecular complexity index is 329. The molecule has 0 bridgehead atoms. The fourth-order valence-electron chi connectivity index (χ4n) is 1.36. The summed E-state index contributed by atoms with van der Waals surface area (Å²) in [6, 6.07) is 5.90. The Hall–Kier alpha value is -0.580. The molecule has 0 aromatic heterocycles. The molecule has 4 heteroatoms. The lowest BCUT2D eigenvalue weighted by Crippen LogP contribution is -2.06. The molecule has 0 radical (unpaired) electrons. The van der Waals surface area contributed by atoms with E-state index in [1.165, 1.54) is 0 Å². The third kappa shape index (κ3) is 4.12. The van der Waals surface area contributed by atoms with Crippen molar-refractivity contribution >= 4 is 15.9 Å². The average molecular weight is 288 g/mol. The first-order valence-electron chi connectivity index (χ1n) is 5.32. The predicted molar refractivity (Wildman–Crippen MR) is 68.7 cm³/mol. The molecular weight excluding hydrogens is 270 g/mol. The van der Waals surface area contributed by atoms with Crippen LogP contribution in [0.4, 0.5) is 0 Å². The average Bonchev–Trinajstić information content (AvgIpc) is 2.24. The Morgan fingerprint density at radius 2 is 2.12 bits per heavy atom. The van der Waals surface area contributed by atoms with Crippen LogP contribution in [-0.4, -0.2) is 20.3 Å². The molecule has 90 valence electrons. The summed E-state index contributed by atoms with van der Waals surface area (Å²) in [5.74, 6) is 0.854. The third-order valence-electron chi connectivity index (χ3n) is 2.22. The molecule has 1 atom stereocenters. The lowest BCUT2D eigenvalue weighted by molar-refractivity contribution is 0.172. The lowest BCUT2D eigenvalue weighted by atomic mass is 10.1. The zero-order valence-electron chi connectivity index (χ0n) is 9.70. The van der Waals surface area contributed by atoms with Crippen LogP contribution in [0.25, 0.3) is 0 Å². The van der Waals surface area contributed by atoms with E-state index >= 15 is 0 Å². The van der Waals surface area contributed by atoms with Crippen molar-refractivity contribution in [1.29, 1.82) is 0 Å². The monoisotopic (exact) mass is 287 g/mol. The van der Waals surface area contributed by atoms with E-state index in [1.807, 2.05) is 25.1 Å². The highest BCUT2D eigenvalue weighted by molar-refractivity contribution is 9.10. The van der Waals surface area contributed by atoms with E-state index in [0.717, 1.165) is 28.8 Å². The number of hydrogen-bond donors (Lipinski definition) is 1. The Morgan fingerprint density at radius 1 is 1.38 bits per heavy atom. The highest BCUT2D eigenvalue weighted by Crippen LogP contribution is 2.26. The minimum absolute atomic E-state index is 0.0249. The van der Waals surface area contributed by atoms with Crippen molar-refractivity contribution in [3.05, 3.63) is 28.2 Å². The third-order valence-corrected chi connectivity index (χ3v) is 2.91. The normalized spacial score (nSPS) is 12.5. The first-order valence-corrected chi connectivity index (χ1v) is 6.11. The Labute approximate surface area is 105 Å². The van der Waals surface area contributed by atoms with Crippen molar-refractivity contribution in [1.82, 2.24) is 0 Å². The van der Waals surface area contributed by atoms with E-state index in [0.29, 0.717) is 6.61 Å².